The predicted octanol–water partition coefficient (Wildman–Crippen LogP) is 3.82. The van der Waals surface area contributed by atoms with Crippen LogP contribution < -0.4 is 11.1 Å². The van der Waals surface area contributed by atoms with Crippen LogP contribution in [0.5, 0.6) is 0 Å². The number of rotatable bonds is 8. The van der Waals surface area contributed by atoms with E-state index in [-0.39, 0.29) is 41.3 Å². The molecule has 1 aromatic carbocycles. The van der Waals surface area contributed by atoms with Crippen LogP contribution in [0.3, 0.4) is 0 Å². The molecule has 36 heavy (non-hydrogen) atoms. The maximum atomic E-state index is 12.9. The molecule has 1 aromatic heterocycles. The van der Waals surface area contributed by atoms with Gasteiger partial charge < -0.3 is 11.1 Å². The average Bonchev–Trinajstić information content (AvgIpc) is 3.14. The van der Waals surface area contributed by atoms with Crippen LogP contribution in [-0.4, -0.2) is 60.6 Å². The lowest BCUT2D eigenvalue weighted by molar-refractivity contribution is -0.216. The van der Waals surface area contributed by atoms with E-state index in [1.807, 2.05) is 4.90 Å². The minimum atomic E-state index is -4.13. The molecule has 1 aliphatic carbocycles. The van der Waals surface area contributed by atoms with E-state index in [1.54, 1.807) is 23.0 Å². The van der Waals surface area contributed by atoms with Crippen LogP contribution in [0.4, 0.5) is 24.7 Å². The number of hydrogen-bond donors (Lipinski definition) is 2. The van der Waals surface area contributed by atoms with E-state index in [0.29, 0.717) is 18.2 Å². The minimum absolute atomic E-state index is 0.0669. The van der Waals surface area contributed by atoms with Crippen LogP contribution in [0.25, 0.3) is 0 Å². The van der Waals surface area contributed by atoms with Gasteiger partial charge in [-0.15, -0.1) is 0 Å². The van der Waals surface area contributed by atoms with Gasteiger partial charge in [-0.05, 0) is 55.4 Å². The largest absolute Gasteiger partial charge is 0.394 e. The summed E-state index contributed by atoms with van der Waals surface area (Å²) in [5, 5.41) is 7.57. The van der Waals surface area contributed by atoms with Crippen molar-refractivity contribution < 1.29 is 26.4 Å². The average molecular weight is 528 g/mol. The lowest BCUT2D eigenvalue weighted by atomic mass is 9.74. The molecule has 0 bridgehead atoms. The lowest BCUT2D eigenvalue weighted by Crippen LogP contribution is -2.58. The zero-order valence-electron chi connectivity index (χ0n) is 20.3. The van der Waals surface area contributed by atoms with Gasteiger partial charge in [-0.2, -0.15) is 18.3 Å². The minimum Gasteiger partial charge on any atom is -0.365 e. The van der Waals surface area contributed by atoms with Gasteiger partial charge >= 0.3 is 6.18 Å². The van der Waals surface area contributed by atoms with E-state index in [1.165, 1.54) is 12.1 Å². The van der Waals surface area contributed by atoms with E-state index in [0.717, 1.165) is 31.9 Å². The Hall–Kier alpha value is -2.60. The highest BCUT2D eigenvalue weighted by atomic mass is 32.2. The Morgan fingerprint density at radius 1 is 1.17 bits per heavy atom. The summed E-state index contributed by atoms with van der Waals surface area (Å²) in [6, 6.07) is 6.21. The van der Waals surface area contributed by atoms with Gasteiger partial charge in [-0.3, -0.25) is 14.4 Å². The smallest absolute Gasteiger partial charge is 0.365 e. The number of nitrogens with one attached hydrogen (secondary N) is 1. The van der Waals surface area contributed by atoms with E-state index < -0.39 is 27.8 Å². The molecule has 2 aliphatic rings. The molecule has 1 saturated carbocycles. The quantitative estimate of drug-likeness (QED) is 0.540. The molecule has 0 spiro atoms. The Kier molecular flexibility index (Phi) is 7.38. The van der Waals surface area contributed by atoms with E-state index in [2.05, 4.69) is 17.3 Å². The van der Waals surface area contributed by atoms with Gasteiger partial charge in [0.05, 0.1) is 10.8 Å². The summed E-state index contributed by atoms with van der Waals surface area (Å²) >= 11 is 0. The van der Waals surface area contributed by atoms with Crippen molar-refractivity contribution in [2.45, 2.75) is 56.3 Å². The highest BCUT2D eigenvalue weighted by Crippen LogP contribution is 2.41. The fourth-order valence-electron chi connectivity index (χ4n) is 5.36. The molecule has 2 fully saturated rings. The molecular weight excluding hydrogens is 495 g/mol. The number of anilines is 2. The Labute approximate surface area is 208 Å². The molecule has 2 heterocycles. The normalized spacial score (nSPS) is 23.9. The lowest BCUT2D eigenvalue weighted by Gasteiger charge is -2.48. The summed E-state index contributed by atoms with van der Waals surface area (Å²) in [4.78, 5) is 14.2. The van der Waals surface area contributed by atoms with Crippen molar-refractivity contribution in [3.63, 3.8) is 0 Å². The first-order valence-electron chi connectivity index (χ1n) is 12.1. The maximum Gasteiger partial charge on any atom is 0.394 e. The summed E-state index contributed by atoms with van der Waals surface area (Å²) in [5.41, 5.74) is 6.33. The van der Waals surface area contributed by atoms with Gasteiger partial charge in [0.1, 0.15) is 5.56 Å². The number of halogens is 3. The van der Waals surface area contributed by atoms with Gasteiger partial charge in [-0.25, -0.2) is 8.42 Å². The number of amides is 1. The van der Waals surface area contributed by atoms with Crippen LogP contribution in [0.2, 0.25) is 0 Å². The molecular formula is C24H32F3N5O3S. The molecule has 1 aliphatic heterocycles. The van der Waals surface area contributed by atoms with Crippen molar-refractivity contribution in [2.24, 2.45) is 23.5 Å². The Morgan fingerprint density at radius 3 is 2.39 bits per heavy atom. The fraction of sp³-hybridized carbons (Fsp3) is 0.583. The van der Waals surface area contributed by atoms with Crippen LogP contribution in [-0.2, 0) is 16.4 Å². The van der Waals surface area contributed by atoms with Crippen molar-refractivity contribution in [3.05, 3.63) is 36.0 Å². The standard InChI is InChI=1S/C24H32F3N5O3S/c1-3-15-4-7-19(31-12-17(13-31)24(25,26)27)10-16(15)11-32-14-21(22(28)33)23(30-32)29-18-5-8-20(9-6-18)36(2,34)35/h5-6,8-9,14-17,19H,3-4,7,10-13H2,1-2H3,(H2,28,33)(H,29,30)/t15-,16?,19+/m1/s1. The van der Waals surface area contributed by atoms with Crippen molar-refractivity contribution in [2.75, 3.05) is 24.7 Å². The van der Waals surface area contributed by atoms with Gasteiger partial charge in [0.15, 0.2) is 15.7 Å². The molecule has 3 N–H and O–H groups in total. The second-order valence-corrected chi connectivity index (χ2v) is 12.0. The van der Waals surface area contributed by atoms with Crippen molar-refractivity contribution in [1.29, 1.82) is 0 Å². The summed E-state index contributed by atoms with van der Waals surface area (Å²) in [7, 11) is -3.33. The molecule has 12 heteroatoms. The van der Waals surface area contributed by atoms with Gasteiger partial charge in [0, 0.05) is 43.8 Å². The van der Waals surface area contributed by atoms with Crippen LogP contribution in [0.15, 0.2) is 35.4 Å². The Morgan fingerprint density at radius 2 is 1.83 bits per heavy atom. The number of alkyl halides is 3. The van der Waals surface area contributed by atoms with Gasteiger partial charge in [-0.1, -0.05) is 13.3 Å². The van der Waals surface area contributed by atoms with Crippen molar-refractivity contribution in [3.8, 4) is 0 Å². The SMILES string of the molecule is CC[C@@H]1CC[C@H](N2CC(C(F)(F)F)C2)CC1Cn1cc(C(N)=O)c(Nc2ccc(S(C)(=O)=O)cc2)n1. The van der Waals surface area contributed by atoms with Crippen LogP contribution in [0, 0.1) is 17.8 Å². The van der Waals surface area contributed by atoms with E-state index in [9.17, 15) is 26.4 Å². The first-order chi connectivity index (χ1) is 16.8. The molecule has 0 radical (unpaired) electrons. The monoisotopic (exact) mass is 527 g/mol. The number of nitrogens with zero attached hydrogens (tertiary/aromatic N) is 3. The molecule has 2 aromatic rings. The van der Waals surface area contributed by atoms with Crippen molar-refractivity contribution >= 4 is 27.2 Å². The second-order valence-electron chi connectivity index (χ2n) is 9.99. The number of nitrogens with two attached hydrogens (primary N) is 1. The summed E-state index contributed by atoms with van der Waals surface area (Å²) in [6.45, 7) is 2.78. The summed E-state index contributed by atoms with van der Waals surface area (Å²) in [5.74, 6) is -0.984. The van der Waals surface area contributed by atoms with Gasteiger partial charge in [0.2, 0.25) is 0 Å². The zero-order valence-corrected chi connectivity index (χ0v) is 21.1. The maximum absolute atomic E-state index is 12.9. The molecule has 4 rings (SSSR count). The Balaban J connectivity index is 1.46. The molecule has 198 valence electrons. The number of benzene rings is 1. The third kappa shape index (κ3) is 5.86. The highest BCUT2D eigenvalue weighted by Gasteiger charge is 2.49. The van der Waals surface area contributed by atoms with Crippen LogP contribution in [0.1, 0.15) is 43.0 Å². The molecule has 1 saturated heterocycles. The van der Waals surface area contributed by atoms with E-state index >= 15 is 0 Å². The molecule has 3 atom stereocenters. The number of primary amides is 1. The number of hydrogen-bond acceptors (Lipinski definition) is 6. The highest BCUT2D eigenvalue weighted by molar-refractivity contribution is 7.90. The number of aromatic nitrogens is 2. The third-order valence-corrected chi connectivity index (χ3v) is 8.65. The number of sulfone groups is 1. The fourth-order valence-corrected chi connectivity index (χ4v) is 5.99. The number of carbonyl (C=O) groups is 1. The molecule has 8 nitrogen and oxygen atoms in total. The summed E-state index contributed by atoms with van der Waals surface area (Å²) < 4.78 is 63.9. The zero-order chi connectivity index (χ0) is 26.3. The molecule has 1 unspecified atom stereocenters. The first-order valence-corrected chi connectivity index (χ1v) is 14.0. The Bertz CT molecular complexity index is 1190. The van der Waals surface area contributed by atoms with Crippen molar-refractivity contribution in [1.82, 2.24) is 14.7 Å². The van der Waals surface area contributed by atoms with Crippen LogP contribution >= 0.6 is 0 Å². The second kappa shape index (κ2) is 10.0. The topological polar surface area (TPSA) is 110 Å². The number of likely N-dealkylation sites (tertiary alicyclic amines) is 1. The number of carbonyl (C=O) groups excluding carboxylic acids is 1. The third-order valence-electron chi connectivity index (χ3n) is 7.52. The van der Waals surface area contributed by atoms with Gasteiger partial charge in [0.25, 0.3) is 5.91 Å². The molecule has 1 amide bonds. The predicted molar refractivity (Wildman–Crippen MR) is 130 cm³/mol. The first kappa shape index (κ1) is 26.5. The summed E-state index contributed by atoms with van der Waals surface area (Å²) in [6.07, 6.45) is 2.16. The van der Waals surface area contributed by atoms with E-state index in [4.69, 9.17) is 5.73 Å².